The van der Waals surface area contributed by atoms with Crippen LogP contribution in [0.1, 0.15) is 38.7 Å². The van der Waals surface area contributed by atoms with Crippen molar-refractivity contribution in [1.29, 1.82) is 0 Å². The number of benzene rings is 1. The van der Waals surface area contributed by atoms with E-state index in [1.807, 2.05) is 0 Å². The highest BCUT2D eigenvalue weighted by molar-refractivity contribution is 8.00. The maximum atomic E-state index is 3.56. The minimum Gasteiger partial charge on any atom is -0.315 e. The molecule has 0 spiro atoms. The number of rotatable bonds is 3. The van der Waals surface area contributed by atoms with Crippen molar-refractivity contribution < 1.29 is 0 Å². The van der Waals surface area contributed by atoms with Crippen LogP contribution in [0.15, 0.2) is 29.2 Å². The predicted octanol–water partition coefficient (Wildman–Crippen LogP) is 4.25. The van der Waals surface area contributed by atoms with Crippen molar-refractivity contribution in [2.75, 3.05) is 7.05 Å². The van der Waals surface area contributed by atoms with E-state index in [4.69, 9.17) is 0 Å². The number of nitrogens with one attached hydrogen (secondary N) is 1. The normalized spacial score (nSPS) is 27.1. The fourth-order valence-corrected chi connectivity index (χ4v) is 4.80. The summed E-state index contributed by atoms with van der Waals surface area (Å²) in [5.74, 6) is 0. The first-order chi connectivity index (χ1) is 8.54. The van der Waals surface area contributed by atoms with Crippen LogP contribution in [0.5, 0.6) is 0 Å². The number of hydrogen-bond acceptors (Lipinski definition) is 2. The molecule has 0 heterocycles. The van der Waals surface area contributed by atoms with E-state index in [-0.39, 0.29) is 0 Å². The number of aryl methyl sites for hydroxylation is 1. The zero-order valence-electron chi connectivity index (χ0n) is 12.0. The van der Waals surface area contributed by atoms with E-state index >= 15 is 0 Å². The van der Waals surface area contributed by atoms with Gasteiger partial charge >= 0.3 is 0 Å². The first-order valence-corrected chi connectivity index (χ1v) is 7.82. The molecule has 1 fully saturated rings. The Bertz CT molecular complexity index is 400. The Kier molecular flexibility index (Phi) is 4.39. The molecule has 2 unspecified atom stereocenters. The standard InChI is InChI=1S/C16H25NS/c1-12-8-5-6-9-13(12)18-14-10-7-11-16(2,3)15(14)17-4/h5-6,8-9,14-15,17H,7,10-11H2,1-4H3. The lowest BCUT2D eigenvalue weighted by Gasteiger charge is -2.43. The third kappa shape index (κ3) is 2.92. The van der Waals surface area contributed by atoms with Gasteiger partial charge in [-0.2, -0.15) is 0 Å². The Labute approximate surface area is 116 Å². The maximum absolute atomic E-state index is 3.56. The first-order valence-electron chi connectivity index (χ1n) is 6.94. The first kappa shape index (κ1) is 14.0. The van der Waals surface area contributed by atoms with Crippen molar-refractivity contribution in [3.8, 4) is 0 Å². The molecule has 1 aromatic carbocycles. The Morgan fingerprint density at radius 3 is 2.67 bits per heavy atom. The van der Waals surface area contributed by atoms with Crippen molar-refractivity contribution in [1.82, 2.24) is 5.32 Å². The molecule has 0 radical (unpaired) electrons. The molecule has 100 valence electrons. The van der Waals surface area contributed by atoms with Crippen molar-refractivity contribution in [2.45, 2.75) is 56.2 Å². The fraction of sp³-hybridized carbons (Fsp3) is 0.625. The quantitative estimate of drug-likeness (QED) is 0.875. The molecule has 18 heavy (non-hydrogen) atoms. The molecule has 1 N–H and O–H groups in total. The van der Waals surface area contributed by atoms with Gasteiger partial charge < -0.3 is 5.32 Å². The lowest BCUT2D eigenvalue weighted by molar-refractivity contribution is 0.182. The maximum Gasteiger partial charge on any atom is 0.0253 e. The van der Waals surface area contributed by atoms with Crippen LogP contribution in [0.3, 0.4) is 0 Å². The molecule has 2 heteroatoms. The fourth-order valence-electron chi connectivity index (χ4n) is 3.14. The average molecular weight is 263 g/mol. The second kappa shape index (κ2) is 5.66. The van der Waals surface area contributed by atoms with Crippen LogP contribution in [-0.4, -0.2) is 18.3 Å². The Balaban J connectivity index is 2.15. The summed E-state index contributed by atoms with van der Waals surface area (Å²) < 4.78 is 0. The minimum atomic E-state index is 0.410. The van der Waals surface area contributed by atoms with Crippen molar-refractivity contribution in [2.24, 2.45) is 5.41 Å². The SMILES string of the molecule is CNC1C(Sc2ccccc2C)CCCC1(C)C. The topological polar surface area (TPSA) is 12.0 Å². The van der Waals surface area contributed by atoms with Crippen molar-refractivity contribution in [3.05, 3.63) is 29.8 Å². The van der Waals surface area contributed by atoms with E-state index in [9.17, 15) is 0 Å². The summed E-state index contributed by atoms with van der Waals surface area (Å²) in [5.41, 5.74) is 1.81. The smallest absolute Gasteiger partial charge is 0.0253 e. The average Bonchev–Trinajstić information content (AvgIpc) is 2.31. The molecule has 1 aromatic rings. The summed E-state index contributed by atoms with van der Waals surface area (Å²) in [5, 5.41) is 4.26. The van der Waals surface area contributed by atoms with Gasteiger partial charge in [-0.3, -0.25) is 0 Å². The van der Waals surface area contributed by atoms with Gasteiger partial charge in [-0.25, -0.2) is 0 Å². The predicted molar refractivity (Wildman–Crippen MR) is 81.3 cm³/mol. The van der Waals surface area contributed by atoms with Gasteiger partial charge in [0, 0.05) is 16.2 Å². The summed E-state index contributed by atoms with van der Waals surface area (Å²) in [4.78, 5) is 1.44. The molecular formula is C16H25NS. The summed E-state index contributed by atoms with van der Waals surface area (Å²) in [7, 11) is 2.11. The molecule has 0 aliphatic heterocycles. The largest absolute Gasteiger partial charge is 0.315 e. The zero-order chi connectivity index (χ0) is 13.2. The van der Waals surface area contributed by atoms with E-state index in [1.165, 1.54) is 29.7 Å². The van der Waals surface area contributed by atoms with E-state index in [0.717, 1.165) is 0 Å². The highest BCUT2D eigenvalue weighted by Gasteiger charge is 2.38. The monoisotopic (exact) mass is 263 g/mol. The summed E-state index contributed by atoms with van der Waals surface area (Å²) in [6.07, 6.45) is 4.02. The molecule has 0 bridgehead atoms. The van der Waals surface area contributed by atoms with Crippen LogP contribution < -0.4 is 5.32 Å². The van der Waals surface area contributed by atoms with Crippen molar-refractivity contribution >= 4 is 11.8 Å². The Hall–Kier alpha value is -0.470. The van der Waals surface area contributed by atoms with E-state index < -0.39 is 0 Å². The van der Waals surface area contributed by atoms with Crippen LogP contribution in [0.4, 0.5) is 0 Å². The van der Waals surface area contributed by atoms with Gasteiger partial charge in [0.05, 0.1) is 0 Å². The van der Waals surface area contributed by atoms with Gasteiger partial charge in [0.25, 0.3) is 0 Å². The van der Waals surface area contributed by atoms with Gasteiger partial charge in [-0.1, -0.05) is 38.5 Å². The molecule has 1 saturated carbocycles. The third-order valence-electron chi connectivity index (χ3n) is 4.21. The highest BCUT2D eigenvalue weighted by Crippen LogP contribution is 2.43. The molecule has 0 aromatic heterocycles. The Morgan fingerprint density at radius 1 is 1.28 bits per heavy atom. The third-order valence-corrected chi connectivity index (χ3v) is 5.73. The van der Waals surface area contributed by atoms with Gasteiger partial charge in [0.2, 0.25) is 0 Å². The zero-order valence-corrected chi connectivity index (χ0v) is 12.8. The van der Waals surface area contributed by atoms with Gasteiger partial charge in [-0.15, -0.1) is 11.8 Å². The van der Waals surface area contributed by atoms with Gasteiger partial charge in [0.15, 0.2) is 0 Å². The van der Waals surface area contributed by atoms with Crippen LogP contribution in [0, 0.1) is 12.3 Å². The van der Waals surface area contributed by atoms with Crippen LogP contribution in [0.2, 0.25) is 0 Å². The van der Waals surface area contributed by atoms with E-state index in [2.05, 4.69) is 69.2 Å². The molecule has 1 nitrogen and oxygen atoms in total. The summed E-state index contributed by atoms with van der Waals surface area (Å²) >= 11 is 2.06. The minimum absolute atomic E-state index is 0.410. The van der Waals surface area contributed by atoms with Crippen LogP contribution >= 0.6 is 11.8 Å². The van der Waals surface area contributed by atoms with Gasteiger partial charge in [-0.05, 0) is 43.9 Å². The van der Waals surface area contributed by atoms with Gasteiger partial charge in [0.1, 0.15) is 0 Å². The molecule has 2 atom stereocenters. The second-order valence-electron chi connectivity index (χ2n) is 6.07. The lowest BCUT2D eigenvalue weighted by Crippen LogP contribution is -2.49. The number of hydrogen-bond donors (Lipinski definition) is 1. The molecule has 1 aliphatic rings. The van der Waals surface area contributed by atoms with Crippen molar-refractivity contribution in [3.63, 3.8) is 0 Å². The highest BCUT2D eigenvalue weighted by atomic mass is 32.2. The summed E-state index contributed by atoms with van der Waals surface area (Å²) in [6.45, 7) is 7.02. The van der Waals surface area contributed by atoms with E-state index in [1.54, 1.807) is 0 Å². The number of thioether (sulfide) groups is 1. The molecule has 1 aliphatic carbocycles. The lowest BCUT2D eigenvalue weighted by atomic mass is 9.73. The molecule has 2 rings (SSSR count). The van der Waals surface area contributed by atoms with E-state index in [0.29, 0.717) is 16.7 Å². The second-order valence-corrected chi connectivity index (χ2v) is 7.35. The molecule has 0 amide bonds. The van der Waals surface area contributed by atoms with Crippen LogP contribution in [0.25, 0.3) is 0 Å². The Morgan fingerprint density at radius 2 is 2.00 bits per heavy atom. The summed E-state index contributed by atoms with van der Waals surface area (Å²) in [6, 6.07) is 9.35. The van der Waals surface area contributed by atoms with Crippen LogP contribution in [-0.2, 0) is 0 Å². The molecule has 0 saturated heterocycles. The molecular weight excluding hydrogens is 238 g/mol.